The molecule has 0 atom stereocenters. The lowest BCUT2D eigenvalue weighted by Gasteiger charge is -2.37. The van der Waals surface area contributed by atoms with Crippen LogP contribution in [0.3, 0.4) is 0 Å². The van der Waals surface area contributed by atoms with Crippen molar-refractivity contribution in [3.63, 3.8) is 0 Å². The Morgan fingerprint density at radius 3 is 2.38 bits per heavy atom. The molecule has 13 heteroatoms. The van der Waals surface area contributed by atoms with Crippen molar-refractivity contribution in [2.24, 2.45) is 0 Å². The number of alkyl halides is 3. The van der Waals surface area contributed by atoms with Gasteiger partial charge in [-0.25, -0.2) is 14.8 Å². The molecule has 1 aliphatic rings. The minimum atomic E-state index is -4.69. The van der Waals surface area contributed by atoms with Crippen molar-refractivity contribution in [1.82, 2.24) is 14.9 Å². The van der Waals surface area contributed by atoms with E-state index in [1.54, 1.807) is 56.9 Å². The van der Waals surface area contributed by atoms with Crippen LogP contribution in [0.4, 0.5) is 29.6 Å². The number of sulfonamides is 1. The van der Waals surface area contributed by atoms with Gasteiger partial charge >= 0.3 is 12.3 Å². The average Bonchev–Trinajstić information content (AvgIpc) is 2.87. The number of ether oxygens (including phenoxy) is 1. The highest BCUT2D eigenvalue weighted by atomic mass is 32.2. The van der Waals surface area contributed by atoms with Gasteiger partial charge in [0.15, 0.2) is 5.03 Å². The van der Waals surface area contributed by atoms with Crippen molar-refractivity contribution >= 4 is 27.8 Å². The van der Waals surface area contributed by atoms with E-state index >= 15 is 0 Å². The van der Waals surface area contributed by atoms with Gasteiger partial charge in [0.25, 0.3) is 10.0 Å². The van der Waals surface area contributed by atoms with Crippen LogP contribution in [0.2, 0.25) is 0 Å². The van der Waals surface area contributed by atoms with E-state index in [0.717, 1.165) is 12.1 Å². The van der Waals surface area contributed by atoms with Crippen LogP contribution in [0.5, 0.6) is 0 Å². The molecule has 1 amide bonds. The first-order valence-corrected chi connectivity index (χ1v) is 14.0. The van der Waals surface area contributed by atoms with Gasteiger partial charge in [0, 0.05) is 18.7 Å². The number of aromatic nitrogens is 2. The normalized spacial score (nSPS) is 14.7. The molecule has 1 fully saturated rings. The highest BCUT2D eigenvalue weighted by molar-refractivity contribution is 7.92. The number of nitrogens with one attached hydrogen (secondary N) is 1. The molecule has 1 saturated heterocycles. The van der Waals surface area contributed by atoms with Crippen molar-refractivity contribution in [2.45, 2.75) is 50.9 Å². The molecule has 0 bridgehead atoms. The van der Waals surface area contributed by atoms with Gasteiger partial charge in [0.1, 0.15) is 17.2 Å². The monoisotopic (exact) mass is 577 g/mol. The molecule has 0 radical (unpaired) electrons. The summed E-state index contributed by atoms with van der Waals surface area (Å²) in [5.41, 5.74) is -1.25. The zero-order valence-corrected chi connectivity index (χ0v) is 23.3. The van der Waals surface area contributed by atoms with Crippen LogP contribution in [0.1, 0.15) is 38.3 Å². The molecule has 4 rings (SSSR count). The lowest BCUT2D eigenvalue weighted by atomic mass is 10.0. The van der Waals surface area contributed by atoms with Crippen LogP contribution in [0, 0.1) is 6.92 Å². The van der Waals surface area contributed by atoms with E-state index in [1.807, 2.05) is 0 Å². The molecule has 1 N–H and O–H groups in total. The summed E-state index contributed by atoms with van der Waals surface area (Å²) >= 11 is 0. The predicted molar refractivity (Wildman–Crippen MR) is 144 cm³/mol. The Morgan fingerprint density at radius 2 is 1.70 bits per heavy atom. The average molecular weight is 578 g/mol. The molecule has 0 spiro atoms. The minimum Gasteiger partial charge on any atom is -0.444 e. The van der Waals surface area contributed by atoms with Gasteiger partial charge in [-0.2, -0.15) is 21.6 Å². The quantitative estimate of drug-likeness (QED) is 0.416. The highest BCUT2D eigenvalue weighted by Crippen LogP contribution is 2.38. The summed E-state index contributed by atoms with van der Waals surface area (Å²) in [7, 11) is -4.32. The number of hydrogen-bond donors (Lipinski definition) is 1. The van der Waals surface area contributed by atoms with Crippen molar-refractivity contribution in [1.29, 1.82) is 0 Å². The fourth-order valence-corrected chi connectivity index (χ4v) is 5.14. The van der Waals surface area contributed by atoms with Crippen molar-refractivity contribution in [3.8, 4) is 11.3 Å². The number of carbonyl (C=O) groups excluding carboxylic acids is 1. The number of aryl methyl sites for hydroxylation is 1. The van der Waals surface area contributed by atoms with Crippen LogP contribution < -0.4 is 9.62 Å². The molecular formula is C27H30F3N5O4S. The van der Waals surface area contributed by atoms with Gasteiger partial charge in [-0.1, -0.05) is 30.3 Å². The first-order valence-electron chi connectivity index (χ1n) is 12.5. The number of anilines is 2. The number of amides is 1. The third kappa shape index (κ3) is 6.82. The predicted octanol–water partition coefficient (Wildman–Crippen LogP) is 5.68. The number of halogens is 3. The van der Waals surface area contributed by atoms with E-state index in [9.17, 15) is 26.4 Å². The summed E-state index contributed by atoms with van der Waals surface area (Å²) in [6.07, 6.45) is -4.56. The third-order valence-corrected chi connectivity index (χ3v) is 7.25. The Kier molecular flexibility index (Phi) is 7.97. The lowest BCUT2D eigenvalue weighted by Crippen LogP contribution is -2.49. The molecule has 2 aromatic heterocycles. The zero-order valence-electron chi connectivity index (χ0n) is 22.5. The maximum atomic E-state index is 13.8. The molecule has 3 aromatic rings. The standard InChI is InChI=1S/C27H30F3N5O4S/c1-18-9-5-6-10-19(18)24-20(27(28,29)30)13-14-21(31-24)33-40(37,38)23-12-7-11-22(32-23)34-15-8-16-35(17-34)25(36)39-26(2,3)4/h5-7,9-14H,8,15-17H2,1-4H3,(H,31,33). The molecule has 1 aromatic carbocycles. The number of rotatable bonds is 5. The van der Waals surface area contributed by atoms with Crippen LogP contribution in [0.25, 0.3) is 11.3 Å². The summed E-state index contributed by atoms with van der Waals surface area (Å²) in [6, 6.07) is 12.6. The number of carbonyl (C=O) groups is 1. The summed E-state index contributed by atoms with van der Waals surface area (Å²) in [5.74, 6) is 0.0321. The van der Waals surface area contributed by atoms with Gasteiger partial charge in [-0.05, 0) is 63.9 Å². The van der Waals surface area contributed by atoms with Crippen LogP contribution in [-0.4, -0.2) is 54.7 Å². The smallest absolute Gasteiger partial charge is 0.418 e. The Labute approximate surface area is 231 Å². The van der Waals surface area contributed by atoms with Gasteiger partial charge in [-0.3, -0.25) is 9.62 Å². The van der Waals surface area contributed by atoms with Gasteiger partial charge in [0.05, 0.1) is 17.9 Å². The van der Waals surface area contributed by atoms with Crippen LogP contribution >= 0.6 is 0 Å². The zero-order chi connectivity index (χ0) is 29.3. The second-order valence-corrected chi connectivity index (χ2v) is 12.0. The topological polar surface area (TPSA) is 105 Å². The molecular weight excluding hydrogens is 547 g/mol. The molecule has 0 aliphatic carbocycles. The summed E-state index contributed by atoms with van der Waals surface area (Å²) in [5, 5.41) is -0.349. The minimum absolute atomic E-state index is 0.152. The summed E-state index contributed by atoms with van der Waals surface area (Å²) < 4.78 is 75.4. The van der Waals surface area contributed by atoms with E-state index < -0.39 is 33.5 Å². The third-order valence-electron chi connectivity index (χ3n) is 6.00. The maximum absolute atomic E-state index is 13.8. The van der Waals surface area contributed by atoms with Crippen LogP contribution in [0.15, 0.2) is 59.6 Å². The fraction of sp³-hybridized carbons (Fsp3) is 0.370. The Hall–Kier alpha value is -3.87. The number of benzene rings is 1. The second-order valence-electron chi connectivity index (χ2n) is 10.3. The maximum Gasteiger partial charge on any atom is 0.418 e. The van der Waals surface area contributed by atoms with Crippen molar-refractivity contribution in [3.05, 3.63) is 65.7 Å². The van der Waals surface area contributed by atoms with Gasteiger partial charge in [0.2, 0.25) is 0 Å². The molecule has 1 aliphatic heterocycles. The SMILES string of the molecule is Cc1ccccc1-c1nc(NS(=O)(=O)c2cccc(N3CCCN(C(=O)OC(C)(C)C)C3)n2)ccc1C(F)(F)F. The van der Waals surface area contributed by atoms with Gasteiger partial charge < -0.3 is 9.64 Å². The Morgan fingerprint density at radius 1 is 0.975 bits per heavy atom. The molecule has 0 saturated carbocycles. The Balaban J connectivity index is 1.60. The van der Waals surface area contributed by atoms with Crippen molar-refractivity contribution in [2.75, 3.05) is 29.4 Å². The number of pyridine rings is 2. The highest BCUT2D eigenvalue weighted by Gasteiger charge is 2.35. The number of nitrogens with zero attached hydrogens (tertiary/aromatic N) is 4. The second kappa shape index (κ2) is 11.0. The molecule has 0 unspecified atom stereocenters. The van der Waals surface area contributed by atoms with Gasteiger partial charge in [-0.15, -0.1) is 0 Å². The lowest BCUT2D eigenvalue weighted by molar-refractivity contribution is -0.137. The molecule has 3 heterocycles. The largest absolute Gasteiger partial charge is 0.444 e. The number of hydrogen-bond acceptors (Lipinski definition) is 7. The summed E-state index contributed by atoms with van der Waals surface area (Å²) in [6.45, 7) is 8.12. The van der Waals surface area contributed by atoms with E-state index in [2.05, 4.69) is 14.7 Å². The molecule has 9 nitrogen and oxygen atoms in total. The first-order chi connectivity index (χ1) is 18.6. The summed E-state index contributed by atoms with van der Waals surface area (Å²) in [4.78, 5) is 24.1. The van der Waals surface area contributed by atoms with E-state index in [1.165, 1.54) is 23.1 Å². The van der Waals surface area contributed by atoms with E-state index in [-0.39, 0.29) is 28.8 Å². The fourth-order valence-electron chi connectivity index (χ4n) is 4.17. The Bertz CT molecular complexity index is 1510. The first kappa shape index (κ1) is 29.1. The molecule has 40 heavy (non-hydrogen) atoms. The molecule has 214 valence electrons. The van der Waals surface area contributed by atoms with E-state index in [4.69, 9.17) is 4.74 Å². The van der Waals surface area contributed by atoms with Crippen molar-refractivity contribution < 1.29 is 31.1 Å². The van der Waals surface area contributed by atoms with Crippen LogP contribution in [-0.2, 0) is 20.9 Å². The van der Waals surface area contributed by atoms with E-state index in [0.29, 0.717) is 30.9 Å².